The Bertz CT molecular complexity index is 355. The molecule has 0 aromatic heterocycles. The van der Waals surface area contributed by atoms with Gasteiger partial charge in [0.1, 0.15) is 4.58 Å². The molecule has 0 saturated carbocycles. The highest BCUT2D eigenvalue weighted by molar-refractivity contribution is 8.18. The normalized spacial score (nSPS) is 11.3. The maximum atomic E-state index is 12.2. The zero-order chi connectivity index (χ0) is 13.5. The maximum Gasteiger partial charge on any atom is 0.247 e. The molecule has 0 heterocycles. The van der Waals surface area contributed by atoms with Crippen molar-refractivity contribution in [2.45, 2.75) is 42.8 Å². The zero-order valence-corrected chi connectivity index (χ0v) is 13.0. The molecule has 1 N–H and O–H groups in total. The fraction of sp³-hybridized carbons (Fsp3) is 0.500. The van der Waals surface area contributed by atoms with Gasteiger partial charge < -0.3 is 5.32 Å². The van der Waals surface area contributed by atoms with Crippen LogP contribution in [0.4, 0.5) is 5.69 Å². The number of nitrogens with one attached hydrogen (secondary N) is 1. The van der Waals surface area contributed by atoms with Crippen LogP contribution in [0.3, 0.4) is 0 Å². The fourth-order valence-corrected chi connectivity index (χ4v) is 4.32. The van der Waals surface area contributed by atoms with Crippen molar-refractivity contribution < 1.29 is 4.79 Å². The van der Waals surface area contributed by atoms with Gasteiger partial charge in [-0.3, -0.25) is 4.79 Å². The number of thioether (sulfide) groups is 2. The summed E-state index contributed by atoms with van der Waals surface area (Å²) in [5.74, 6) is 0.0820. The zero-order valence-electron chi connectivity index (χ0n) is 11.3. The van der Waals surface area contributed by atoms with Gasteiger partial charge in [0.15, 0.2) is 0 Å². The highest BCUT2D eigenvalue weighted by Gasteiger charge is 2.22. The number of carbonyl (C=O) groups is 1. The number of anilines is 1. The Morgan fingerprint density at radius 2 is 1.50 bits per heavy atom. The van der Waals surface area contributed by atoms with E-state index in [1.165, 1.54) is 0 Å². The molecule has 1 aromatic carbocycles. The molecule has 0 spiro atoms. The largest absolute Gasteiger partial charge is 0.324 e. The first-order chi connectivity index (χ1) is 8.49. The number of hydrogen-bond acceptors (Lipinski definition) is 3. The monoisotopic (exact) mass is 283 g/mol. The van der Waals surface area contributed by atoms with Crippen LogP contribution >= 0.6 is 23.5 Å². The molecule has 18 heavy (non-hydrogen) atoms. The summed E-state index contributed by atoms with van der Waals surface area (Å²) in [7, 11) is 0. The van der Waals surface area contributed by atoms with Crippen molar-refractivity contribution in [2.75, 3.05) is 5.32 Å². The molecule has 0 atom stereocenters. The summed E-state index contributed by atoms with van der Waals surface area (Å²) < 4.78 is -0.0507. The van der Waals surface area contributed by atoms with Gasteiger partial charge in [0.25, 0.3) is 0 Å². The van der Waals surface area contributed by atoms with E-state index in [0.717, 1.165) is 5.69 Å². The van der Waals surface area contributed by atoms with Crippen molar-refractivity contribution >= 4 is 35.1 Å². The molecule has 1 rings (SSSR count). The number of para-hydroxylation sites is 1. The van der Waals surface area contributed by atoms with Gasteiger partial charge in [-0.25, -0.2) is 0 Å². The molecule has 100 valence electrons. The van der Waals surface area contributed by atoms with Gasteiger partial charge in [0, 0.05) is 16.2 Å². The predicted molar refractivity (Wildman–Crippen MR) is 84.3 cm³/mol. The van der Waals surface area contributed by atoms with E-state index in [1.807, 2.05) is 30.3 Å². The summed E-state index contributed by atoms with van der Waals surface area (Å²) in [6, 6.07) is 9.62. The van der Waals surface area contributed by atoms with Crippen LogP contribution in [0.1, 0.15) is 27.7 Å². The first kappa shape index (κ1) is 15.4. The molecule has 0 fully saturated rings. The van der Waals surface area contributed by atoms with E-state index in [4.69, 9.17) is 0 Å². The van der Waals surface area contributed by atoms with E-state index >= 15 is 0 Å². The van der Waals surface area contributed by atoms with Crippen molar-refractivity contribution in [1.82, 2.24) is 0 Å². The van der Waals surface area contributed by atoms with E-state index in [9.17, 15) is 4.79 Å². The van der Waals surface area contributed by atoms with Gasteiger partial charge in [-0.05, 0) is 12.1 Å². The van der Waals surface area contributed by atoms with Gasteiger partial charge in [0.2, 0.25) is 5.91 Å². The van der Waals surface area contributed by atoms with Crippen LogP contribution in [0, 0.1) is 0 Å². The second-order valence-corrected chi connectivity index (χ2v) is 8.23. The Hall–Kier alpha value is -0.610. The minimum atomic E-state index is -0.0507. The average molecular weight is 283 g/mol. The van der Waals surface area contributed by atoms with Crippen LogP contribution in [0.2, 0.25) is 0 Å². The van der Waals surface area contributed by atoms with E-state index in [-0.39, 0.29) is 10.5 Å². The molecular weight excluding hydrogens is 262 g/mol. The van der Waals surface area contributed by atoms with Gasteiger partial charge in [-0.2, -0.15) is 0 Å². The van der Waals surface area contributed by atoms with Crippen LogP contribution in [0.5, 0.6) is 0 Å². The first-order valence-corrected chi connectivity index (χ1v) is 8.04. The molecule has 0 radical (unpaired) electrons. The molecule has 0 aliphatic carbocycles. The van der Waals surface area contributed by atoms with Crippen molar-refractivity contribution in [3.8, 4) is 0 Å². The maximum absolute atomic E-state index is 12.2. The van der Waals surface area contributed by atoms with Crippen LogP contribution in [-0.2, 0) is 4.79 Å². The second-order valence-electron chi connectivity index (χ2n) is 4.56. The van der Waals surface area contributed by atoms with Crippen LogP contribution in [-0.4, -0.2) is 21.0 Å². The van der Waals surface area contributed by atoms with E-state index in [0.29, 0.717) is 10.5 Å². The Labute approximate surface area is 118 Å². The summed E-state index contributed by atoms with van der Waals surface area (Å²) in [4.78, 5) is 12.2. The molecule has 2 nitrogen and oxygen atoms in total. The molecule has 4 heteroatoms. The number of carbonyl (C=O) groups excluding carboxylic acids is 1. The number of benzene rings is 1. The van der Waals surface area contributed by atoms with Gasteiger partial charge in [-0.1, -0.05) is 45.9 Å². The molecule has 0 bridgehead atoms. The Kier molecular flexibility index (Phi) is 6.65. The lowest BCUT2D eigenvalue weighted by molar-refractivity contribution is -0.114. The second kappa shape index (κ2) is 7.74. The number of rotatable bonds is 6. The average Bonchev–Trinajstić information content (AvgIpc) is 2.28. The van der Waals surface area contributed by atoms with Crippen LogP contribution in [0.15, 0.2) is 30.3 Å². The van der Waals surface area contributed by atoms with Crippen LogP contribution in [0.25, 0.3) is 0 Å². The summed E-state index contributed by atoms with van der Waals surface area (Å²) in [6.07, 6.45) is 0. The Morgan fingerprint density at radius 3 is 1.94 bits per heavy atom. The smallest absolute Gasteiger partial charge is 0.247 e. The third-order valence-electron chi connectivity index (χ3n) is 2.05. The third kappa shape index (κ3) is 5.83. The van der Waals surface area contributed by atoms with Gasteiger partial charge in [0.05, 0.1) is 0 Å². The van der Waals surface area contributed by atoms with Crippen molar-refractivity contribution in [3.63, 3.8) is 0 Å². The van der Waals surface area contributed by atoms with E-state index in [1.54, 1.807) is 23.5 Å². The highest BCUT2D eigenvalue weighted by Crippen LogP contribution is 2.31. The Morgan fingerprint density at radius 1 is 1.00 bits per heavy atom. The molecular formula is C14H21NOS2. The molecule has 1 amide bonds. The van der Waals surface area contributed by atoms with E-state index < -0.39 is 0 Å². The number of amides is 1. The molecule has 0 saturated heterocycles. The lowest BCUT2D eigenvalue weighted by atomic mass is 10.3. The van der Waals surface area contributed by atoms with Crippen LogP contribution < -0.4 is 5.32 Å². The van der Waals surface area contributed by atoms with Gasteiger partial charge in [-0.15, -0.1) is 23.5 Å². The summed E-state index contributed by atoms with van der Waals surface area (Å²) in [6.45, 7) is 8.48. The molecule has 0 aliphatic rings. The molecule has 1 aromatic rings. The minimum absolute atomic E-state index is 0.0507. The van der Waals surface area contributed by atoms with Crippen molar-refractivity contribution in [1.29, 1.82) is 0 Å². The summed E-state index contributed by atoms with van der Waals surface area (Å²) in [5.41, 5.74) is 0.862. The first-order valence-electron chi connectivity index (χ1n) is 6.16. The lowest BCUT2D eigenvalue weighted by Crippen LogP contribution is -2.25. The topological polar surface area (TPSA) is 29.1 Å². The summed E-state index contributed by atoms with van der Waals surface area (Å²) in [5, 5.41) is 3.87. The highest BCUT2D eigenvalue weighted by atomic mass is 32.2. The lowest BCUT2D eigenvalue weighted by Gasteiger charge is -2.19. The molecule has 0 aliphatic heterocycles. The van der Waals surface area contributed by atoms with Crippen molar-refractivity contribution in [3.05, 3.63) is 30.3 Å². The van der Waals surface area contributed by atoms with Crippen molar-refractivity contribution in [2.24, 2.45) is 0 Å². The molecule has 0 unspecified atom stereocenters. The Balaban J connectivity index is 2.64. The SMILES string of the molecule is CC(C)SC(SC(C)C)C(=O)Nc1ccccc1. The third-order valence-corrected chi connectivity index (χ3v) is 4.72. The van der Waals surface area contributed by atoms with Gasteiger partial charge >= 0.3 is 0 Å². The predicted octanol–water partition coefficient (Wildman–Crippen LogP) is 4.23. The van der Waals surface area contributed by atoms with E-state index in [2.05, 4.69) is 33.0 Å². The minimum Gasteiger partial charge on any atom is -0.324 e. The standard InChI is InChI=1S/C14H21NOS2/c1-10(2)17-14(18-11(3)4)13(16)15-12-8-6-5-7-9-12/h5-11,14H,1-4H3,(H,15,16). The fourth-order valence-electron chi connectivity index (χ4n) is 1.37. The number of hydrogen-bond donors (Lipinski definition) is 1. The quantitative estimate of drug-likeness (QED) is 0.792. The summed E-state index contributed by atoms with van der Waals surface area (Å²) >= 11 is 3.41.